The molecule has 0 radical (unpaired) electrons. The van der Waals surface area contributed by atoms with Gasteiger partial charge in [0.2, 0.25) is 0 Å². The van der Waals surface area contributed by atoms with E-state index in [0.29, 0.717) is 6.42 Å². The molecule has 0 bridgehead atoms. The second-order valence-corrected chi connectivity index (χ2v) is 7.34. The van der Waals surface area contributed by atoms with Gasteiger partial charge in [-0.2, -0.15) is 0 Å². The second-order valence-electron chi connectivity index (χ2n) is 7.34. The summed E-state index contributed by atoms with van der Waals surface area (Å²) in [6.07, 6.45) is 17.4. The maximum atomic E-state index is 10.6. The van der Waals surface area contributed by atoms with E-state index in [4.69, 9.17) is 5.11 Å². The van der Waals surface area contributed by atoms with Crippen LogP contribution in [0.5, 0.6) is 0 Å². The van der Waals surface area contributed by atoms with Gasteiger partial charge in [-0.25, -0.2) is 0 Å². The molecule has 0 aromatic heterocycles. The van der Waals surface area contributed by atoms with Crippen molar-refractivity contribution in [2.75, 3.05) is 0 Å². The number of hydrogen-bond acceptors (Lipinski definition) is 1. The molecule has 2 nitrogen and oxygen atoms in total. The number of aliphatic carboxylic acids is 1. The summed E-state index contributed by atoms with van der Waals surface area (Å²) < 4.78 is 0. The lowest BCUT2D eigenvalue weighted by atomic mass is 9.82. The quantitative estimate of drug-likeness (QED) is 0.347. The SMILES string of the molecule is CCCCCCCCCCCCCC(C)(C)CCC(=O)O. The van der Waals surface area contributed by atoms with Crippen molar-refractivity contribution < 1.29 is 9.90 Å². The van der Waals surface area contributed by atoms with Gasteiger partial charge in [-0.3, -0.25) is 4.79 Å². The average molecular weight is 299 g/mol. The molecule has 0 unspecified atom stereocenters. The highest BCUT2D eigenvalue weighted by molar-refractivity contribution is 5.66. The van der Waals surface area contributed by atoms with Crippen LogP contribution in [0.25, 0.3) is 0 Å². The molecule has 21 heavy (non-hydrogen) atoms. The van der Waals surface area contributed by atoms with Gasteiger partial charge in [0.05, 0.1) is 0 Å². The molecule has 2 heteroatoms. The molecule has 0 aliphatic carbocycles. The van der Waals surface area contributed by atoms with Crippen molar-refractivity contribution in [3.8, 4) is 0 Å². The van der Waals surface area contributed by atoms with Crippen molar-refractivity contribution in [1.82, 2.24) is 0 Å². The standard InChI is InChI=1S/C19H38O2/c1-4-5-6-7-8-9-10-11-12-13-14-16-19(2,3)17-15-18(20)21/h4-17H2,1-3H3,(H,20,21). The van der Waals surface area contributed by atoms with Crippen LogP contribution in [-0.2, 0) is 4.79 Å². The maximum Gasteiger partial charge on any atom is 0.303 e. The van der Waals surface area contributed by atoms with Gasteiger partial charge in [0.25, 0.3) is 0 Å². The summed E-state index contributed by atoms with van der Waals surface area (Å²) in [5.74, 6) is -0.665. The lowest BCUT2D eigenvalue weighted by molar-refractivity contribution is -0.137. The van der Waals surface area contributed by atoms with Crippen LogP contribution in [-0.4, -0.2) is 11.1 Å². The normalized spacial score (nSPS) is 11.8. The molecule has 0 aliphatic rings. The first-order valence-corrected chi connectivity index (χ1v) is 9.20. The minimum Gasteiger partial charge on any atom is -0.481 e. The van der Waals surface area contributed by atoms with E-state index in [0.717, 1.165) is 12.8 Å². The summed E-state index contributed by atoms with van der Waals surface area (Å²) in [7, 11) is 0. The Morgan fingerprint density at radius 2 is 1.19 bits per heavy atom. The number of carboxylic acids is 1. The molecule has 0 aromatic carbocycles. The van der Waals surface area contributed by atoms with Crippen LogP contribution in [0, 0.1) is 5.41 Å². The van der Waals surface area contributed by atoms with Crippen LogP contribution >= 0.6 is 0 Å². The molecule has 0 heterocycles. The van der Waals surface area contributed by atoms with E-state index in [1.807, 2.05) is 0 Å². The first kappa shape index (κ1) is 20.5. The zero-order chi connectivity index (χ0) is 16.0. The zero-order valence-corrected chi connectivity index (χ0v) is 14.8. The van der Waals surface area contributed by atoms with Gasteiger partial charge >= 0.3 is 5.97 Å². The van der Waals surface area contributed by atoms with Crippen LogP contribution < -0.4 is 0 Å². The number of hydrogen-bond donors (Lipinski definition) is 1. The monoisotopic (exact) mass is 298 g/mol. The van der Waals surface area contributed by atoms with Crippen molar-refractivity contribution in [3.63, 3.8) is 0 Å². The lowest BCUT2D eigenvalue weighted by Gasteiger charge is -2.23. The summed E-state index contributed by atoms with van der Waals surface area (Å²) in [4.78, 5) is 10.6. The Morgan fingerprint density at radius 3 is 1.62 bits per heavy atom. The van der Waals surface area contributed by atoms with Crippen LogP contribution in [0.2, 0.25) is 0 Å². The van der Waals surface area contributed by atoms with Crippen molar-refractivity contribution in [3.05, 3.63) is 0 Å². The topological polar surface area (TPSA) is 37.3 Å². The van der Waals surface area contributed by atoms with Crippen molar-refractivity contribution in [2.45, 2.75) is 111 Å². The van der Waals surface area contributed by atoms with E-state index in [1.165, 1.54) is 70.6 Å². The Hall–Kier alpha value is -0.530. The predicted molar refractivity (Wildman–Crippen MR) is 91.7 cm³/mol. The van der Waals surface area contributed by atoms with E-state index in [9.17, 15) is 4.79 Å². The molecule has 0 rings (SSSR count). The molecule has 0 atom stereocenters. The highest BCUT2D eigenvalue weighted by Crippen LogP contribution is 2.29. The lowest BCUT2D eigenvalue weighted by Crippen LogP contribution is -2.13. The molecule has 0 fully saturated rings. The fourth-order valence-electron chi connectivity index (χ4n) is 2.84. The molecule has 0 aliphatic heterocycles. The van der Waals surface area contributed by atoms with E-state index >= 15 is 0 Å². The van der Waals surface area contributed by atoms with Gasteiger partial charge < -0.3 is 5.11 Å². The van der Waals surface area contributed by atoms with Crippen molar-refractivity contribution >= 4 is 5.97 Å². The van der Waals surface area contributed by atoms with Gasteiger partial charge in [-0.1, -0.05) is 91.4 Å². The molecule has 0 aromatic rings. The number of rotatable bonds is 15. The zero-order valence-electron chi connectivity index (χ0n) is 14.8. The maximum absolute atomic E-state index is 10.6. The smallest absolute Gasteiger partial charge is 0.303 e. The highest BCUT2D eigenvalue weighted by atomic mass is 16.4. The van der Waals surface area contributed by atoms with Crippen LogP contribution in [0.4, 0.5) is 0 Å². The summed E-state index contributed by atoms with van der Waals surface area (Å²) in [6, 6.07) is 0. The molecule has 0 amide bonds. The number of carbonyl (C=O) groups is 1. The molecular formula is C19H38O2. The summed E-state index contributed by atoms with van der Waals surface area (Å²) in [6.45, 7) is 6.67. The molecular weight excluding hydrogens is 260 g/mol. The predicted octanol–water partition coefficient (Wildman–Crippen LogP) is 6.58. The summed E-state index contributed by atoms with van der Waals surface area (Å²) in [5.41, 5.74) is 0.192. The third kappa shape index (κ3) is 15.7. The van der Waals surface area contributed by atoms with E-state index < -0.39 is 5.97 Å². The van der Waals surface area contributed by atoms with Crippen LogP contribution in [0.15, 0.2) is 0 Å². The minimum atomic E-state index is -0.665. The molecule has 126 valence electrons. The van der Waals surface area contributed by atoms with Gasteiger partial charge in [0.1, 0.15) is 0 Å². The van der Waals surface area contributed by atoms with E-state index in [2.05, 4.69) is 20.8 Å². The Bertz CT molecular complexity index is 246. The molecule has 0 spiro atoms. The number of carboxylic acid groups (broad SMARTS) is 1. The Balaban J connectivity index is 3.29. The molecule has 0 saturated carbocycles. The first-order valence-electron chi connectivity index (χ1n) is 9.20. The van der Waals surface area contributed by atoms with Gasteiger partial charge in [0, 0.05) is 6.42 Å². The highest BCUT2D eigenvalue weighted by Gasteiger charge is 2.18. The van der Waals surface area contributed by atoms with E-state index in [1.54, 1.807) is 0 Å². The summed E-state index contributed by atoms with van der Waals surface area (Å²) >= 11 is 0. The first-order chi connectivity index (χ1) is 9.98. The Labute approximate surface area is 132 Å². The van der Waals surface area contributed by atoms with Crippen LogP contribution in [0.3, 0.4) is 0 Å². The van der Waals surface area contributed by atoms with Gasteiger partial charge in [0.15, 0.2) is 0 Å². The average Bonchev–Trinajstić information content (AvgIpc) is 2.43. The summed E-state index contributed by atoms with van der Waals surface area (Å²) in [5, 5.41) is 8.74. The minimum absolute atomic E-state index is 0.192. The van der Waals surface area contributed by atoms with Gasteiger partial charge in [-0.05, 0) is 18.3 Å². The third-order valence-corrected chi connectivity index (χ3v) is 4.47. The van der Waals surface area contributed by atoms with Crippen LogP contribution in [0.1, 0.15) is 111 Å². The molecule has 1 N–H and O–H groups in total. The fraction of sp³-hybridized carbons (Fsp3) is 0.947. The largest absolute Gasteiger partial charge is 0.481 e. The van der Waals surface area contributed by atoms with E-state index in [-0.39, 0.29) is 5.41 Å². The number of unbranched alkanes of at least 4 members (excludes halogenated alkanes) is 10. The van der Waals surface area contributed by atoms with Crippen molar-refractivity contribution in [1.29, 1.82) is 0 Å². The molecule has 0 saturated heterocycles. The van der Waals surface area contributed by atoms with Gasteiger partial charge in [-0.15, -0.1) is 0 Å². The Morgan fingerprint density at radius 1 is 0.762 bits per heavy atom. The van der Waals surface area contributed by atoms with Crippen molar-refractivity contribution in [2.24, 2.45) is 5.41 Å². The Kier molecular flexibility index (Phi) is 12.8. The fourth-order valence-corrected chi connectivity index (χ4v) is 2.84. The second kappa shape index (κ2) is 13.2. The third-order valence-electron chi connectivity index (χ3n) is 4.47.